The number of esters is 1. The monoisotopic (exact) mass is 346 g/mol. The van der Waals surface area contributed by atoms with Crippen LogP contribution in [0.5, 0.6) is 5.75 Å². The second-order valence-electron chi connectivity index (χ2n) is 5.33. The Kier molecular flexibility index (Phi) is 4.65. The van der Waals surface area contributed by atoms with Crippen molar-refractivity contribution < 1.29 is 23.0 Å². The predicted molar refractivity (Wildman–Crippen MR) is 86.6 cm³/mol. The molecule has 0 radical (unpaired) electrons. The number of halogens is 2. The molecular weight excluding hydrogens is 330 g/mol. The summed E-state index contributed by atoms with van der Waals surface area (Å²) in [5.74, 6) is -2.01. The van der Waals surface area contributed by atoms with E-state index in [0.29, 0.717) is 22.8 Å². The topological polar surface area (TPSA) is 52.8 Å². The van der Waals surface area contributed by atoms with E-state index >= 15 is 0 Å². The van der Waals surface area contributed by atoms with E-state index < -0.39 is 17.6 Å². The number of imidazole rings is 1. The van der Waals surface area contributed by atoms with Crippen LogP contribution in [0.3, 0.4) is 0 Å². The molecule has 0 spiro atoms. The summed E-state index contributed by atoms with van der Waals surface area (Å²) < 4.78 is 39.2. The Bertz CT molecular complexity index is 937. The summed E-state index contributed by atoms with van der Waals surface area (Å²) in [6.07, 6.45) is 1.66. The highest BCUT2D eigenvalue weighted by Crippen LogP contribution is 2.24. The maximum absolute atomic E-state index is 13.7. The summed E-state index contributed by atoms with van der Waals surface area (Å²) in [6, 6.07) is 7.22. The van der Waals surface area contributed by atoms with Crippen molar-refractivity contribution in [3.05, 3.63) is 65.1 Å². The molecule has 0 aliphatic rings. The van der Waals surface area contributed by atoms with Crippen LogP contribution in [0, 0.1) is 18.6 Å². The van der Waals surface area contributed by atoms with Crippen LogP contribution in [0.2, 0.25) is 0 Å². The van der Waals surface area contributed by atoms with Gasteiger partial charge in [0.05, 0.1) is 12.3 Å². The van der Waals surface area contributed by atoms with Crippen molar-refractivity contribution in [1.82, 2.24) is 9.38 Å². The average molecular weight is 346 g/mol. The summed E-state index contributed by atoms with van der Waals surface area (Å²) in [4.78, 5) is 16.4. The summed E-state index contributed by atoms with van der Waals surface area (Å²) >= 11 is 0. The summed E-state index contributed by atoms with van der Waals surface area (Å²) in [6.45, 7) is 3.50. The van der Waals surface area contributed by atoms with Gasteiger partial charge in [-0.15, -0.1) is 0 Å². The SMILES string of the molecule is CCOC(=O)c1c(C)nc2c(OCc3cccc(F)c3F)cccn12. The molecule has 3 rings (SSSR count). The first kappa shape index (κ1) is 16.9. The molecule has 5 nitrogen and oxygen atoms in total. The number of carbonyl (C=O) groups excluding carboxylic acids is 1. The number of hydrogen-bond acceptors (Lipinski definition) is 4. The number of fused-ring (bicyclic) bond motifs is 1. The summed E-state index contributed by atoms with van der Waals surface area (Å²) in [7, 11) is 0. The molecule has 7 heteroatoms. The molecule has 130 valence electrons. The molecule has 0 bridgehead atoms. The number of nitrogens with zero attached hydrogens (tertiary/aromatic N) is 2. The van der Waals surface area contributed by atoms with Gasteiger partial charge < -0.3 is 9.47 Å². The van der Waals surface area contributed by atoms with Gasteiger partial charge in [0.15, 0.2) is 28.7 Å². The van der Waals surface area contributed by atoms with Crippen molar-refractivity contribution in [1.29, 1.82) is 0 Å². The first-order valence-corrected chi connectivity index (χ1v) is 7.73. The largest absolute Gasteiger partial charge is 0.485 e. The Labute approximate surface area is 142 Å². The minimum Gasteiger partial charge on any atom is -0.485 e. The Balaban J connectivity index is 1.94. The van der Waals surface area contributed by atoms with E-state index in [9.17, 15) is 13.6 Å². The maximum atomic E-state index is 13.7. The lowest BCUT2D eigenvalue weighted by Gasteiger charge is -2.09. The van der Waals surface area contributed by atoms with Crippen molar-refractivity contribution in [2.24, 2.45) is 0 Å². The van der Waals surface area contributed by atoms with Crippen molar-refractivity contribution >= 4 is 11.6 Å². The molecule has 0 saturated carbocycles. The van der Waals surface area contributed by atoms with Gasteiger partial charge in [0.25, 0.3) is 0 Å². The Morgan fingerprint density at radius 2 is 2.04 bits per heavy atom. The van der Waals surface area contributed by atoms with Crippen molar-refractivity contribution in [3.8, 4) is 5.75 Å². The third kappa shape index (κ3) is 3.17. The van der Waals surface area contributed by atoms with Gasteiger partial charge in [0.2, 0.25) is 0 Å². The standard InChI is InChI=1S/C18H16F2N2O3/c1-3-24-18(23)16-11(2)21-17-14(8-5-9-22(16)17)25-10-12-6-4-7-13(19)15(12)20/h4-9H,3,10H2,1-2H3. The molecule has 0 amide bonds. The Morgan fingerprint density at radius 1 is 1.24 bits per heavy atom. The smallest absolute Gasteiger partial charge is 0.357 e. The first-order chi connectivity index (χ1) is 12.0. The molecule has 0 saturated heterocycles. The fourth-order valence-corrected chi connectivity index (χ4v) is 2.53. The number of aryl methyl sites for hydroxylation is 1. The van der Waals surface area contributed by atoms with E-state index in [-0.39, 0.29) is 18.8 Å². The number of rotatable bonds is 5. The van der Waals surface area contributed by atoms with Crippen LogP contribution in [-0.4, -0.2) is 22.0 Å². The van der Waals surface area contributed by atoms with E-state index in [1.165, 1.54) is 12.1 Å². The zero-order valence-electron chi connectivity index (χ0n) is 13.8. The second-order valence-corrected chi connectivity index (χ2v) is 5.33. The van der Waals surface area contributed by atoms with E-state index in [0.717, 1.165) is 6.07 Å². The van der Waals surface area contributed by atoms with Crippen molar-refractivity contribution in [2.45, 2.75) is 20.5 Å². The second kappa shape index (κ2) is 6.88. The molecule has 0 atom stereocenters. The van der Waals surface area contributed by atoms with Crippen LogP contribution in [-0.2, 0) is 11.3 Å². The van der Waals surface area contributed by atoms with Crippen LogP contribution < -0.4 is 4.74 Å². The third-order valence-corrected chi connectivity index (χ3v) is 3.67. The van der Waals surface area contributed by atoms with Gasteiger partial charge in [0, 0.05) is 11.8 Å². The van der Waals surface area contributed by atoms with Gasteiger partial charge in [-0.1, -0.05) is 12.1 Å². The fourth-order valence-electron chi connectivity index (χ4n) is 2.53. The minimum atomic E-state index is -0.943. The van der Waals surface area contributed by atoms with Gasteiger partial charge in [-0.25, -0.2) is 18.6 Å². The van der Waals surface area contributed by atoms with Crippen LogP contribution >= 0.6 is 0 Å². The fraction of sp³-hybridized carbons (Fsp3) is 0.222. The van der Waals surface area contributed by atoms with Crippen LogP contribution in [0.15, 0.2) is 36.5 Å². The van der Waals surface area contributed by atoms with Crippen molar-refractivity contribution in [3.63, 3.8) is 0 Å². The lowest BCUT2D eigenvalue weighted by Crippen LogP contribution is -2.09. The highest BCUT2D eigenvalue weighted by atomic mass is 19.2. The summed E-state index contributed by atoms with van der Waals surface area (Å²) in [5, 5.41) is 0. The van der Waals surface area contributed by atoms with Gasteiger partial charge >= 0.3 is 5.97 Å². The first-order valence-electron chi connectivity index (χ1n) is 7.73. The van der Waals surface area contributed by atoms with E-state index in [2.05, 4.69) is 4.98 Å². The number of carbonyl (C=O) groups is 1. The molecule has 0 aliphatic heterocycles. The quantitative estimate of drug-likeness (QED) is 0.662. The third-order valence-electron chi connectivity index (χ3n) is 3.67. The zero-order chi connectivity index (χ0) is 18.0. The lowest BCUT2D eigenvalue weighted by atomic mass is 10.2. The van der Waals surface area contributed by atoms with Gasteiger partial charge in [-0.2, -0.15) is 0 Å². The molecule has 2 heterocycles. The molecule has 3 aromatic rings. The van der Waals surface area contributed by atoms with E-state index in [1.807, 2.05) is 0 Å². The number of benzene rings is 1. The molecule has 0 fully saturated rings. The maximum Gasteiger partial charge on any atom is 0.357 e. The zero-order valence-corrected chi connectivity index (χ0v) is 13.8. The van der Waals surface area contributed by atoms with Crippen LogP contribution in [0.1, 0.15) is 28.7 Å². The molecule has 25 heavy (non-hydrogen) atoms. The van der Waals surface area contributed by atoms with Crippen LogP contribution in [0.25, 0.3) is 5.65 Å². The predicted octanol–water partition coefficient (Wildman–Crippen LogP) is 3.68. The molecule has 1 aromatic carbocycles. The average Bonchev–Trinajstić information content (AvgIpc) is 2.93. The molecule has 0 N–H and O–H groups in total. The Hall–Kier alpha value is -2.96. The van der Waals surface area contributed by atoms with E-state index in [1.54, 1.807) is 36.6 Å². The van der Waals surface area contributed by atoms with Gasteiger partial charge in [-0.3, -0.25) is 4.40 Å². The highest BCUT2D eigenvalue weighted by Gasteiger charge is 2.20. The Morgan fingerprint density at radius 3 is 2.80 bits per heavy atom. The van der Waals surface area contributed by atoms with Gasteiger partial charge in [0.1, 0.15) is 6.61 Å². The number of hydrogen-bond donors (Lipinski definition) is 0. The normalized spacial score (nSPS) is 10.9. The number of aromatic nitrogens is 2. The van der Waals surface area contributed by atoms with E-state index in [4.69, 9.17) is 9.47 Å². The van der Waals surface area contributed by atoms with Gasteiger partial charge in [-0.05, 0) is 32.0 Å². The molecule has 0 aliphatic carbocycles. The number of ether oxygens (including phenoxy) is 2. The lowest BCUT2D eigenvalue weighted by molar-refractivity contribution is 0.0517. The highest BCUT2D eigenvalue weighted by molar-refractivity contribution is 5.90. The van der Waals surface area contributed by atoms with Crippen LogP contribution in [0.4, 0.5) is 8.78 Å². The molecule has 0 unspecified atom stereocenters. The minimum absolute atomic E-state index is 0.0934. The molecule has 2 aromatic heterocycles. The van der Waals surface area contributed by atoms with Crippen molar-refractivity contribution in [2.75, 3.05) is 6.61 Å². The summed E-state index contributed by atoms with van der Waals surface area (Å²) in [5.41, 5.74) is 1.29. The molecular formula is C18H16F2N2O3. The number of pyridine rings is 1.